The van der Waals surface area contributed by atoms with Crippen molar-refractivity contribution in [2.24, 2.45) is 0 Å². The van der Waals surface area contributed by atoms with Crippen molar-refractivity contribution in [3.63, 3.8) is 0 Å². The predicted octanol–water partition coefficient (Wildman–Crippen LogP) is 3.90. The number of para-hydroxylation sites is 1. The first-order chi connectivity index (χ1) is 6.61. The van der Waals surface area contributed by atoms with Crippen LogP contribution >= 0.6 is 34.8 Å². The highest BCUT2D eigenvalue weighted by Gasteiger charge is 2.12. The van der Waals surface area contributed by atoms with Crippen LogP contribution in [0.5, 0.6) is 5.75 Å². The highest BCUT2D eigenvalue weighted by Crippen LogP contribution is 2.37. The maximum atomic E-state index is 9.49. The zero-order valence-corrected chi connectivity index (χ0v) is 9.03. The fourth-order valence-corrected chi connectivity index (χ4v) is 1.80. The molecule has 5 heteroatoms. The summed E-state index contributed by atoms with van der Waals surface area (Å²) in [6.45, 7) is 0. The third kappa shape index (κ3) is 1.40. The molecule has 1 aromatic heterocycles. The van der Waals surface area contributed by atoms with Crippen molar-refractivity contribution in [2.45, 2.75) is 0 Å². The number of aromatic nitrogens is 1. The largest absolute Gasteiger partial charge is 0.506 e. The lowest BCUT2D eigenvalue weighted by atomic mass is 10.2. The van der Waals surface area contributed by atoms with Gasteiger partial charge in [-0.2, -0.15) is 0 Å². The van der Waals surface area contributed by atoms with Gasteiger partial charge in [0.15, 0.2) is 0 Å². The molecule has 0 amide bonds. The molecule has 1 heterocycles. The van der Waals surface area contributed by atoms with E-state index in [1.165, 1.54) is 6.07 Å². The smallest absolute Gasteiger partial charge is 0.150 e. The molecular weight excluding hydrogens is 244 g/mol. The first-order valence-electron chi connectivity index (χ1n) is 3.73. The first-order valence-corrected chi connectivity index (χ1v) is 4.87. The molecule has 1 aromatic carbocycles. The van der Waals surface area contributed by atoms with Gasteiger partial charge in [0.05, 0.1) is 10.0 Å². The maximum Gasteiger partial charge on any atom is 0.150 e. The van der Waals surface area contributed by atoms with Crippen molar-refractivity contribution in [1.82, 2.24) is 4.98 Å². The van der Waals surface area contributed by atoms with Crippen LogP contribution in [0.2, 0.25) is 15.2 Å². The van der Waals surface area contributed by atoms with Crippen molar-refractivity contribution in [1.29, 1.82) is 0 Å². The monoisotopic (exact) mass is 247 g/mol. The van der Waals surface area contributed by atoms with Crippen LogP contribution < -0.4 is 0 Å². The zero-order valence-electron chi connectivity index (χ0n) is 6.76. The number of rotatable bonds is 0. The van der Waals surface area contributed by atoms with E-state index in [1.54, 1.807) is 12.1 Å². The molecule has 14 heavy (non-hydrogen) atoms. The van der Waals surface area contributed by atoms with Crippen LogP contribution in [-0.4, -0.2) is 10.1 Å². The molecule has 0 aliphatic carbocycles. The summed E-state index contributed by atoms with van der Waals surface area (Å²) >= 11 is 17.5. The summed E-state index contributed by atoms with van der Waals surface area (Å²) in [5, 5.41) is 10.7. The van der Waals surface area contributed by atoms with Crippen LogP contribution in [0.3, 0.4) is 0 Å². The predicted molar refractivity (Wildman–Crippen MR) is 58.4 cm³/mol. The van der Waals surface area contributed by atoms with E-state index in [4.69, 9.17) is 34.8 Å². The van der Waals surface area contributed by atoms with E-state index >= 15 is 0 Å². The van der Waals surface area contributed by atoms with Gasteiger partial charge in [-0.15, -0.1) is 0 Å². The molecule has 0 bridgehead atoms. The number of nitrogens with zero attached hydrogens (tertiary/aromatic N) is 1. The van der Waals surface area contributed by atoms with Gasteiger partial charge in [0.2, 0.25) is 0 Å². The number of aromatic hydroxyl groups is 1. The van der Waals surface area contributed by atoms with E-state index in [-0.39, 0.29) is 15.9 Å². The van der Waals surface area contributed by atoms with Crippen molar-refractivity contribution in [3.05, 3.63) is 33.4 Å². The topological polar surface area (TPSA) is 33.1 Å². The van der Waals surface area contributed by atoms with Crippen LogP contribution in [0.25, 0.3) is 10.9 Å². The minimum Gasteiger partial charge on any atom is -0.506 e. The van der Waals surface area contributed by atoms with Crippen LogP contribution in [0.1, 0.15) is 0 Å². The molecule has 0 aliphatic heterocycles. The average molecular weight is 248 g/mol. The molecule has 2 nitrogen and oxygen atoms in total. The molecule has 0 radical (unpaired) electrons. The van der Waals surface area contributed by atoms with E-state index in [0.29, 0.717) is 15.9 Å². The second-order valence-corrected chi connectivity index (χ2v) is 3.82. The van der Waals surface area contributed by atoms with Crippen LogP contribution in [-0.2, 0) is 0 Å². The number of phenolic OH excluding ortho intramolecular Hbond substituents is 1. The number of phenols is 1. The van der Waals surface area contributed by atoms with Crippen LogP contribution in [0, 0.1) is 0 Å². The minimum absolute atomic E-state index is 0.0305. The Bertz CT molecular complexity index is 513. The summed E-state index contributed by atoms with van der Waals surface area (Å²) < 4.78 is 0. The van der Waals surface area contributed by atoms with Gasteiger partial charge in [0.1, 0.15) is 16.4 Å². The van der Waals surface area contributed by atoms with Crippen molar-refractivity contribution in [3.8, 4) is 5.75 Å². The maximum absolute atomic E-state index is 9.49. The normalized spacial score (nSPS) is 10.8. The molecule has 1 N–H and O–H groups in total. The van der Waals surface area contributed by atoms with Gasteiger partial charge in [-0.25, -0.2) is 4.98 Å². The van der Waals surface area contributed by atoms with E-state index in [0.717, 1.165) is 0 Å². The van der Waals surface area contributed by atoms with E-state index < -0.39 is 0 Å². The number of hydrogen-bond acceptors (Lipinski definition) is 2. The van der Waals surface area contributed by atoms with Gasteiger partial charge >= 0.3 is 0 Å². The summed E-state index contributed by atoms with van der Waals surface area (Å²) in [4.78, 5) is 3.93. The number of pyridine rings is 1. The Kier molecular flexibility index (Phi) is 2.43. The van der Waals surface area contributed by atoms with Gasteiger partial charge < -0.3 is 5.11 Å². The van der Waals surface area contributed by atoms with Gasteiger partial charge in [-0.3, -0.25) is 0 Å². The quantitative estimate of drug-likeness (QED) is 0.717. The van der Waals surface area contributed by atoms with Gasteiger partial charge in [0.25, 0.3) is 0 Å². The van der Waals surface area contributed by atoms with Crippen LogP contribution in [0.15, 0.2) is 18.2 Å². The lowest BCUT2D eigenvalue weighted by molar-refractivity contribution is 0.480. The van der Waals surface area contributed by atoms with E-state index in [9.17, 15) is 5.11 Å². The second-order valence-electron chi connectivity index (χ2n) is 2.70. The van der Waals surface area contributed by atoms with Gasteiger partial charge in [-0.05, 0) is 6.07 Å². The molecule has 72 valence electrons. The molecule has 0 fully saturated rings. The average Bonchev–Trinajstić information content (AvgIpc) is 2.17. The van der Waals surface area contributed by atoms with Crippen LogP contribution in [0.4, 0.5) is 0 Å². The standard InChI is InChI=1S/C9H4Cl3NO/c10-6-4-2-1-3-5(14)8(4)13-9(12)7(6)11/h1-3,14H. The number of halogens is 3. The molecule has 0 atom stereocenters. The SMILES string of the molecule is Oc1cccc2c(Cl)c(Cl)c(Cl)nc12. The Morgan fingerprint density at radius 3 is 2.50 bits per heavy atom. The molecule has 2 aromatic rings. The molecule has 0 saturated heterocycles. The van der Waals surface area contributed by atoms with Crippen molar-refractivity contribution in [2.75, 3.05) is 0 Å². The Morgan fingerprint density at radius 1 is 1.07 bits per heavy atom. The molecular formula is C9H4Cl3NO. The number of hydrogen-bond donors (Lipinski definition) is 1. The summed E-state index contributed by atoms with van der Waals surface area (Å²) in [7, 11) is 0. The fourth-order valence-electron chi connectivity index (χ4n) is 1.18. The number of benzene rings is 1. The number of fused-ring (bicyclic) bond motifs is 1. The molecule has 0 aliphatic rings. The molecule has 0 saturated carbocycles. The Morgan fingerprint density at radius 2 is 1.79 bits per heavy atom. The Hall–Kier alpha value is -0.700. The summed E-state index contributed by atoms with van der Waals surface area (Å²) in [6, 6.07) is 4.89. The molecule has 0 spiro atoms. The van der Waals surface area contributed by atoms with E-state index in [1.807, 2.05) is 0 Å². The first kappa shape index (κ1) is 9.84. The lowest BCUT2D eigenvalue weighted by Gasteiger charge is -2.04. The summed E-state index contributed by atoms with van der Waals surface area (Å²) in [6.07, 6.45) is 0. The fraction of sp³-hybridized carbons (Fsp3) is 0. The third-order valence-electron chi connectivity index (χ3n) is 1.83. The molecule has 2 rings (SSSR count). The Labute approximate surface area is 95.0 Å². The van der Waals surface area contributed by atoms with Crippen molar-refractivity contribution >= 4 is 45.7 Å². The van der Waals surface area contributed by atoms with Gasteiger partial charge in [-0.1, -0.05) is 46.9 Å². The highest BCUT2D eigenvalue weighted by molar-refractivity contribution is 6.49. The molecule has 0 unspecified atom stereocenters. The summed E-state index contributed by atoms with van der Waals surface area (Å²) in [5.41, 5.74) is 0.354. The van der Waals surface area contributed by atoms with Gasteiger partial charge in [0, 0.05) is 5.39 Å². The third-order valence-corrected chi connectivity index (χ3v) is 3.06. The lowest BCUT2D eigenvalue weighted by Crippen LogP contribution is -1.84. The Balaban J connectivity index is 2.98. The minimum atomic E-state index is 0.0305. The highest BCUT2D eigenvalue weighted by atomic mass is 35.5. The zero-order chi connectivity index (χ0) is 10.3. The second kappa shape index (κ2) is 3.46. The van der Waals surface area contributed by atoms with Crippen molar-refractivity contribution < 1.29 is 5.11 Å². The van der Waals surface area contributed by atoms with E-state index in [2.05, 4.69) is 4.98 Å². The summed E-state index contributed by atoms with van der Waals surface area (Å²) in [5.74, 6) is 0.0305.